The molecule has 0 unspecified atom stereocenters. The summed E-state index contributed by atoms with van der Waals surface area (Å²) in [6.45, 7) is 0.337. The molecule has 0 atom stereocenters. The van der Waals surface area contributed by atoms with Crippen molar-refractivity contribution in [3.63, 3.8) is 0 Å². The summed E-state index contributed by atoms with van der Waals surface area (Å²) in [4.78, 5) is 21.8. The van der Waals surface area contributed by atoms with Crippen molar-refractivity contribution in [3.8, 4) is 0 Å². The largest absolute Gasteiger partial charge is 0.481 e. The fourth-order valence-corrected chi connectivity index (χ4v) is 1.77. The van der Waals surface area contributed by atoms with E-state index in [2.05, 4.69) is 5.32 Å². The molecule has 1 aromatic rings. The van der Waals surface area contributed by atoms with Crippen LogP contribution in [-0.4, -0.2) is 23.5 Å². The molecule has 0 fully saturated rings. The van der Waals surface area contributed by atoms with Crippen molar-refractivity contribution in [1.29, 1.82) is 0 Å². The van der Waals surface area contributed by atoms with E-state index in [1.54, 1.807) is 18.2 Å². The van der Waals surface area contributed by atoms with Gasteiger partial charge in [0.1, 0.15) is 0 Å². The second-order valence-corrected chi connectivity index (χ2v) is 4.52. The van der Waals surface area contributed by atoms with Crippen LogP contribution in [0.25, 0.3) is 0 Å². The summed E-state index contributed by atoms with van der Waals surface area (Å²) in [7, 11) is 0. The molecule has 0 saturated heterocycles. The topological polar surface area (TPSA) is 66.4 Å². The second kappa shape index (κ2) is 7.24. The Bertz CT molecular complexity index is 449. The SMILES string of the molecule is O=C(O)CCCNC(=O)Cc1cccc(Cl)c1Cl. The van der Waals surface area contributed by atoms with E-state index in [0.29, 0.717) is 28.6 Å². The number of benzene rings is 1. The molecule has 0 radical (unpaired) electrons. The van der Waals surface area contributed by atoms with Gasteiger partial charge in [-0.15, -0.1) is 0 Å². The maximum Gasteiger partial charge on any atom is 0.303 e. The van der Waals surface area contributed by atoms with Gasteiger partial charge in [0.05, 0.1) is 16.5 Å². The summed E-state index contributed by atoms with van der Waals surface area (Å²) in [5.74, 6) is -1.08. The van der Waals surface area contributed by atoms with Gasteiger partial charge in [-0.1, -0.05) is 35.3 Å². The quantitative estimate of drug-likeness (QED) is 0.791. The number of rotatable bonds is 6. The summed E-state index contributed by atoms with van der Waals surface area (Å²) >= 11 is 11.8. The van der Waals surface area contributed by atoms with E-state index >= 15 is 0 Å². The minimum Gasteiger partial charge on any atom is -0.481 e. The van der Waals surface area contributed by atoms with Crippen LogP contribution < -0.4 is 5.32 Å². The molecular formula is C12H13Cl2NO3. The van der Waals surface area contributed by atoms with Crippen LogP contribution in [0, 0.1) is 0 Å². The number of carboxylic acids is 1. The van der Waals surface area contributed by atoms with Crippen LogP contribution in [0.4, 0.5) is 0 Å². The molecule has 0 aliphatic carbocycles. The molecule has 0 bridgehead atoms. The zero-order chi connectivity index (χ0) is 13.5. The molecule has 4 nitrogen and oxygen atoms in total. The Morgan fingerprint density at radius 1 is 1.28 bits per heavy atom. The van der Waals surface area contributed by atoms with Crippen LogP contribution in [0.1, 0.15) is 18.4 Å². The molecule has 1 rings (SSSR count). The first kappa shape index (κ1) is 14.8. The van der Waals surface area contributed by atoms with Crippen LogP contribution >= 0.6 is 23.2 Å². The Morgan fingerprint density at radius 2 is 2.00 bits per heavy atom. The van der Waals surface area contributed by atoms with Crippen LogP contribution in [0.2, 0.25) is 10.0 Å². The normalized spacial score (nSPS) is 10.1. The average Bonchev–Trinajstić information content (AvgIpc) is 2.30. The van der Waals surface area contributed by atoms with Gasteiger partial charge in [-0.25, -0.2) is 0 Å². The highest BCUT2D eigenvalue weighted by molar-refractivity contribution is 6.42. The van der Waals surface area contributed by atoms with Crippen molar-refractivity contribution in [3.05, 3.63) is 33.8 Å². The molecule has 0 saturated carbocycles. The maximum atomic E-state index is 11.6. The van der Waals surface area contributed by atoms with Crippen molar-refractivity contribution in [1.82, 2.24) is 5.32 Å². The lowest BCUT2D eigenvalue weighted by Gasteiger charge is -2.06. The van der Waals surface area contributed by atoms with Crippen molar-refractivity contribution < 1.29 is 14.7 Å². The second-order valence-electron chi connectivity index (χ2n) is 3.74. The number of aliphatic carboxylic acids is 1. The van der Waals surface area contributed by atoms with Crippen LogP contribution in [-0.2, 0) is 16.0 Å². The Balaban J connectivity index is 2.40. The van der Waals surface area contributed by atoms with Gasteiger partial charge in [0.15, 0.2) is 0 Å². The molecule has 0 aliphatic rings. The van der Waals surface area contributed by atoms with Gasteiger partial charge in [-0.3, -0.25) is 9.59 Å². The zero-order valence-electron chi connectivity index (χ0n) is 9.58. The molecule has 0 aromatic heterocycles. The average molecular weight is 290 g/mol. The third kappa shape index (κ3) is 4.94. The summed E-state index contributed by atoms with van der Waals surface area (Å²) in [6, 6.07) is 5.10. The lowest BCUT2D eigenvalue weighted by molar-refractivity contribution is -0.137. The minimum absolute atomic E-state index is 0.0399. The number of amides is 1. The van der Waals surface area contributed by atoms with E-state index in [0.717, 1.165) is 0 Å². The molecule has 1 amide bonds. The van der Waals surface area contributed by atoms with Crippen LogP contribution in [0.5, 0.6) is 0 Å². The number of carbonyl (C=O) groups is 2. The third-order valence-electron chi connectivity index (χ3n) is 2.27. The van der Waals surface area contributed by atoms with Crippen LogP contribution in [0.15, 0.2) is 18.2 Å². The van der Waals surface area contributed by atoms with Gasteiger partial charge in [0.25, 0.3) is 0 Å². The van der Waals surface area contributed by atoms with Gasteiger partial charge in [-0.2, -0.15) is 0 Å². The molecule has 18 heavy (non-hydrogen) atoms. The lowest BCUT2D eigenvalue weighted by atomic mass is 10.1. The first-order valence-corrected chi connectivity index (χ1v) is 6.17. The van der Waals surface area contributed by atoms with Crippen molar-refractivity contribution in [2.24, 2.45) is 0 Å². The highest BCUT2D eigenvalue weighted by atomic mass is 35.5. The predicted octanol–water partition coefficient (Wildman–Crippen LogP) is 2.52. The first-order valence-electron chi connectivity index (χ1n) is 5.42. The van der Waals surface area contributed by atoms with Gasteiger partial charge in [0.2, 0.25) is 5.91 Å². The fraction of sp³-hybridized carbons (Fsp3) is 0.333. The summed E-state index contributed by atoms with van der Waals surface area (Å²) < 4.78 is 0. The van der Waals surface area contributed by atoms with Gasteiger partial charge >= 0.3 is 5.97 Å². The summed E-state index contributed by atoms with van der Waals surface area (Å²) in [5.41, 5.74) is 0.653. The van der Waals surface area contributed by atoms with E-state index in [9.17, 15) is 9.59 Å². The number of hydrogen-bond donors (Lipinski definition) is 2. The molecule has 0 heterocycles. The minimum atomic E-state index is -0.873. The standard InChI is InChI=1S/C12H13Cl2NO3/c13-9-4-1-3-8(12(9)14)7-10(16)15-6-2-5-11(17)18/h1,3-4H,2,5-7H2,(H,15,16)(H,17,18). The molecule has 98 valence electrons. The van der Waals surface area contributed by atoms with Gasteiger partial charge in [-0.05, 0) is 18.1 Å². The number of nitrogens with one attached hydrogen (secondary N) is 1. The first-order chi connectivity index (χ1) is 8.50. The molecule has 0 spiro atoms. The van der Waals surface area contributed by atoms with Gasteiger partial charge in [0, 0.05) is 13.0 Å². The van der Waals surface area contributed by atoms with Gasteiger partial charge < -0.3 is 10.4 Å². The summed E-state index contributed by atoms with van der Waals surface area (Å²) in [5, 5.41) is 11.9. The lowest BCUT2D eigenvalue weighted by Crippen LogP contribution is -2.26. The van der Waals surface area contributed by atoms with Crippen molar-refractivity contribution >= 4 is 35.1 Å². The molecule has 6 heteroatoms. The Hall–Kier alpha value is -1.26. The van der Waals surface area contributed by atoms with E-state index in [1.165, 1.54) is 0 Å². The molecule has 1 aromatic carbocycles. The highest BCUT2D eigenvalue weighted by Gasteiger charge is 2.09. The predicted molar refractivity (Wildman–Crippen MR) is 70.0 cm³/mol. The third-order valence-corrected chi connectivity index (χ3v) is 3.13. The Labute approximate surface area is 115 Å². The van der Waals surface area contributed by atoms with Crippen molar-refractivity contribution in [2.75, 3.05) is 6.54 Å². The highest BCUT2D eigenvalue weighted by Crippen LogP contribution is 2.25. The Morgan fingerprint density at radius 3 is 2.67 bits per heavy atom. The molecular weight excluding hydrogens is 277 g/mol. The fourth-order valence-electron chi connectivity index (χ4n) is 1.39. The monoisotopic (exact) mass is 289 g/mol. The summed E-state index contributed by atoms with van der Waals surface area (Å²) in [6.07, 6.45) is 0.578. The van der Waals surface area contributed by atoms with E-state index < -0.39 is 5.97 Å². The molecule has 2 N–H and O–H groups in total. The molecule has 0 aliphatic heterocycles. The number of halogens is 2. The number of carbonyl (C=O) groups excluding carboxylic acids is 1. The number of hydrogen-bond acceptors (Lipinski definition) is 2. The van der Waals surface area contributed by atoms with Crippen LogP contribution in [0.3, 0.4) is 0 Å². The smallest absolute Gasteiger partial charge is 0.303 e. The van der Waals surface area contributed by atoms with Crippen molar-refractivity contribution in [2.45, 2.75) is 19.3 Å². The maximum absolute atomic E-state index is 11.6. The zero-order valence-corrected chi connectivity index (χ0v) is 11.1. The number of carboxylic acid groups (broad SMARTS) is 1. The van der Waals surface area contributed by atoms with E-state index in [4.69, 9.17) is 28.3 Å². The van der Waals surface area contributed by atoms with E-state index in [1.807, 2.05) is 0 Å². The Kier molecular flexibility index (Phi) is 5.95. The van der Waals surface area contributed by atoms with E-state index in [-0.39, 0.29) is 18.7 Å².